The number of aromatic nitrogens is 3. The topological polar surface area (TPSA) is 88.3 Å². The molecule has 1 fully saturated rings. The highest BCUT2D eigenvalue weighted by atomic mass is 32.2. The summed E-state index contributed by atoms with van der Waals surface area (Å²) in [5.41, 5.74) is 2.08. The minimum Gasteiger partial charge on any atom is -0.480 e. The van der Waals surface area contributed by atoms with E-state index in [1.807, 2.05) is 35.8 Å². The van der Waals surface area contributed by atoms with Crippen LogP contribution in [0.25, 0.3) is 5.69 Å². The first kappa shape index (κ1) is 16.5. The number of carbonyl (C=O) groups excluding carboxylic acids is 1. The smallest absolute Gasteiger partial charge is 0.326 e. The Morgan fingerprint density at radius 2 is 2.08 bits per heavy atom. The third-order valence-corrected chi connectivity index (χ3v) is 4.94. The van der Waals surface area contributed by atoms with Crippen molar-refractivity contribution < 1.29 is 14.7 Å². The summed E-state index contributed by atoms with van der Waals surface area (Å²) in [5, 5.41) is 17.8. The van der Waals surface area contributed by atoms with E-state index in [4.69, 9.17) is 0 Å². The van der Waals surface area contributed by atoms with Crippen molar-refractivity contribution in [2.24, 2.45) is 0 Å². The lowest BCUT2D eigenvalue weighted by Gasteiger charge is -2.21. The average molecular weight is 346 g/mol. The first-order valence-corrected chi connectivity index (χ1v) is 8.67. The summed E-state index contributed by atoms with van der Waals surface area (Å²) in [6.45, 7) is 2.51. The molecular weight excluding hydrogens is 328 g/mol. The van der Waals surface area contributed by atoms with Crippen LogP contribution in [0.5, 0.6) is 0 Å². The monoisotopic (exact) mass is 346 g/mol. The lowest BCUT2D eigenvalue weighted by Crippen LogP contribution is -2.41. The highest BCUT2D eigenvalue weighted by Crippen LogP contribution is 2.23. The molecule has 2 aromatic rings. The van der Waals surface area contributed by atoms with E-state index in [0.29, 0.717) is 18.1 Å². The van der Waals surface area contributed by atoms with E-state index < -0.39 is 12.0 Å². The van der Waals surface area contributed by atoms with Gasteiger partial charge in [0.25, 0.3) is 0 Å². The molecule has 0 radical (unpaired) electrons. The van der Waals surface area contributed by atoms with Crippen LogP contribution in [0.2, 0.25) is 0 Å². The largest absolute Gasteiger partial charge is 0.480 e. The zero-order valence-electron chi connectivity index (χ0n) is 13.3. The van der Waals surface area contributed by atoms with Gasteiger partial charge in [0.1, 0.15) is 12.4 Å². The van der Waals surface area contributed by atoms with E-state index in [0.717, 1.165) is 17.7 Å². The van der Waals surface area contributed by atoms with E-state index in [9.17, 15) is 14.7 Å². The highest BCUT2D eigenvalue weighted by Gasteiger charge is 2.33. The van der Waals surface area contributed by atoms with Gasteiger partial charge in [0.2, 0.25) is 5.91 Å². The first-order valence-electron chi connectivity index (χ1n) is 7.68. The van der Waals surface area contributed by atoms with Crippen LogP contribution in [-0.2, 0) is 9.59 Å². The van der Waals surface area contributed by atoms with Gasteiger partial charge in [0.15, 0.2) is 5.16 Å². The molecule has 1 atom stereocenters. The lowest BCUT2D eigenvalue weighted by molar-refractivity contribution is -0.147. The maximum atomic E-state index is 12.3. The molecule has 1 aliphatic rings. The van der Waals surface area contributed by atoms with Crippen molar-refractivity contribution in [3.63, 3.8) is 0 Å². The van der Waals surface area contributed by atoms with Gasteiger partial charge in [-0.15, -0.1) is 10.2 Å². The number of rotatable bonds is 5. The number of amides is 1. The molecule has 1 saturated heterocycles. The molecule has 0 spiro atoms. The second-order valence-electron chi connectivity index (χ2n) is 5.69. The number of nitrogens with zero attached hydrogens (tertiary/aromatic N) is 4. The fourth-order valence-electron chi connectivity index (χ4n) is 2.74. The van der Waals surface area contributed by atoms with Crippen LogP contribution in [0, 0.1) is 6.92 Å². The molecule has 0 saturated carbocycles. The molecule has 0 bridgehead atoms. The maximum absolute atomic E-state index is 12.3. The average Bonchev–Trinajstić information content (AvgIpc) is 3.22. The first-order chi connectivity index (χ1) is 11.6. The van der Waals surface area contributed by atoms with Gasteiger partial charge in [0.05, 0.1) is 5.75 Å². The van der Waals surface area contributed by atoms with E-state index in [1.165, 1.54) is 16.7 Å². The van der Waals surface area contributed by atoms with Crippen LogP contribution < -0.4 is 0 Å². The zero-order valence-corrected chi connectivity index (χ0v) is 14.1. The molecule has 0 unspecified atom stereocenters. The lowest BCUT2D eigenvalue weighted by atomic mass is 10.2. The molecule has 7 nitrogen and oxygen atoms in total. The van der Waals surface area contributed by atoms with Crippen LogP contribution in [-0.4, -0.2) is 55.0 Å². The van der Waals surface area contributed by atoms with Crippen molar-refractivity contribution in [1.82, 2.24) is 19.7 Å². The molecule has 2 heterocycles. The van der Waals surface area contributed by atoms with Gasteiger partial charge in [-0.2, -0.15) is 0 Å². The van der Waals surface area contributed by atoms with Crippen LogP contribution in [0.3, 0.4) is 0 Å². The van der Waals surface area contributed by atoms with E-state index >= 15 is 0 Å². The van der Waals surface area contributed by atoms with Gasteiger partial charge in [-0.3, -0.25) is 9.36 Å². The summed E-state index contributed by atoms with van der Waals surface area (Å²) in [7, 11) is 0. The highest BCUT2D eigenvalue weighted by molar-refractivity contribution is 7.99. The van der Waals surface area contributed by atoms with Gasteiger partial charge in [-0.25, -0.2) is 4.79 Å². The Labute approximate surface area is 143 Å². The Morgan fingerprint density at radius 3 is 2.79 bits per heavy atom. The van der Waals surface area contributed by atoms with E-state index in [-0.39, 0.29) is 11.7 Å². The molecular formula is C16H18N4O3S. The Balaban J connectivity index is 1.67. The molecule has 8 heteroatoms. The van der Waals surface area contributed by atoms with Crippen molar-refractivity contribution in [2.45, 2.75) is 31.0 Å². The number of benzene rings is 1. The summed E-state index contributed by atoms with van der Waals surface area (Å²) >= 11 is 1.27. The molecule has 126 valence electrons. The summed E-state index contributed by atoms with van der Waals surface area (Å²) < 4.78 is 1.82. The number of aryl methyl sites for hydroxylation is 1. The number of carboxylic acid groups (broad SMARTS) is 1. The third kappa shape index (κ3) is 3.43. The molecule has 1 amide bonds. The summed E-state index contributed by atoms with van der Waals surface area (Å²) in [6, 6.07) is 7.22. The van der Waals surface area contributed by atoms with Crippen LogP contribution in [0.1, 0.15) is 18.4 Å². The quantitative estimate of drug-likeness (QED) is 0.830. The third-order valence-electron chi connectivity index (χ3n) is 4.01. The van der Waals surface area contributed by atoms with Crippen LogP contribution in [0.4, 0.5) is 0 Å². The number of hydrogen-bond donors (Lipinski definition) is 1. The van der Waals surface area contributed by atoms with Crippen molar-refractivity contribution in [2.75, 3.05) is 12.3 Å². The summed E-state index contributed by atoms with van der Waals surface area (Å²) in [6.07, 6.45) is 2.85. The number of likely N-dealkylation sites (tertiary alicyclic amines) is 1. The predicted octanol–water partition coefficient (Wildman–Crippen LogP) is 1.74. The van der Waals surface area contributed by atoms with Gasteiger partial charge in [-0.05, 0) is 31.9 Å². The fraction of sp³-hybridized carbons (Fsp3) is 0.375. The van der Waals surface area contributed by atoms with Crippen molar-refractivity contribution in [3.05, 3.63) is 36.2 Å². The van der Waals surface area contributed by atoms with Crippen LogP contribution in [0.15, 0.2) is 35.7 Å². The normalized spacial score (nSPS) is 17.2. The standard InChI is InChI=1S/C16H18N4O3S/c1-11-4-6-12(7-5-11)20-10-17-18-16(20)24-9-14(21)19-8-2-3-13(19)15(22)23/h4-7,10,13H,2-3,8-9H2,1H3,(H,22,23)/t13-/m1/s1. The number of aliphatic carboxylic acids is 1. The van der Waals surface area contributed by atoms with E-state index in [2.05, 4.69) is 10.2 Å². The predicted molar refractivity (Wildman–Crippen MR) is 89.2 cm³/mol. The summed E-state index contributed by atoms with van der Waals surface area (Å²) in [5.74, 6) is -0.967. The number of carboxylic acids is 1. The Hall–Kier alpha value is -2.35. The van der Waals surface area contributed by atoms with Gasteiger partial charge >= 0.3 is 5.97 Å². The Bertz CT molecular complexity index is 744. The molecule has 24 heavy (non-hydrogen) atoms. The maximum Gasteiger partial charge on any atom is 0.326 e. The fourth-order valence-corrected chi connectivity index (χ4v) is 3.55. The summed E-state index contributed by atoms with van der Waals surface area (Å²) in [4.78, 5) is 25.0. The van der Waals surface area contributed by atoms with E-state index in [1.54, 1.807) is 6.33 Å². The van der Waals surface area contributed by atoms with Gasteiger partial charge in [-0.1, -0.05) is 29.5 Å². The van der Waals surface area contributed by atoms with Crippen molar-refractivity contribution >= 4 is 23.6 Å². The number of thioether (sulfide) groups is 1. The number of hydrogen-bond acceptors (Lipinski definition) is 5. The minimum absolute atomic E-state index is 0.147. The van der Waals surface area contributed by atoms with Gasteiger partial charge in [0, 0.05) is 12.2 Å². The molecule has 1 aromatic carbocycles. The SMILES string of the molecule is Cc1ccc(-n2cnnc2SCC(=O)N2CCC[C@@H]2C(=O)O)cc1. The molecule has 3 rings (SSSR count). The minimum atomic E-state index is -0.936. The molecule has 1 aliphatic heterocycles. The van der Waals surface area contributed by atoms with Crippen molar-refractivity contribution in [1.29, 1.82) is 0 Å². The Kier molecular flexibility index (Phi) is 4.84. The second kappa shape index (κ2) is 7.04. The number of carbonyl (C=O) groups is 2. The molecule has 1 N–H and O–H groups in total. The molecule has 0 aliphatic carbocycles. The molecule has 1 aromatic heterocycles. The zero-order chi connectivity index (χ0) is 17.1. The van der Waals surface area contributed by atoms with Crippen LogP contribution >= 0.6 is 11.8 Å². The Morgan fingerprint density at radius 1 is 1.33 bits per heavy atom. The van der Waals surface area contributed by atoms with Crippen molar-refractivity contribution in [3.8, 4) is 5.69 Å². The second-order valence-corrected chi connectivity index (χ2v) is 6.63. The van der Waals surface area contributed by atoms with Gasteiger partial charge < -0.3 is 10.0 Å².